The Bertz CT molecular complexity index is 802. The summed E-state index contributed by atoms with van der Waals surface area (Å²) >= 11 is 5.94. The highest BCUT2D eigenvalue weighted by Gasteiger charge is 2.08. The van der Waals surface area contributed by atoms with Crippen LogP contribution in [-0.2, 0) is 16.0 Å². The molecule has 0 atom stereocenters. The Labute approximate surface area is 139 Å². The van der Waals surface area contributed by atoms with Crippen LogP contribution in [0.1, 0.15) is 6.42 Å². The molecule has 0 bridgehead atoms. The Morgan fingerprint density at radius 3 is 2.74 bits per heavy atom. The Balaban J connectivity index is 1.79. The molecule has 0 amide bonds. The third-order valence-corrected chi connectivity index (χ3v) is 3.80. The summed E-state index contributed by atoms with van der Waals surface area (Å²) in [4.78, 5) is 8.70. The molecule has 0 spiro atoms. The molecule has 0 aromatic carbocycles. The second-order valence-electron chi connectivity index (χ2n) is 5.08. The maximum atomic E-state index is 5.94. The minimum Gasteiger partial charge on any atom is -0.356 e. The van der Waals surface area contributed by atoms with Gasteiger partial charge in [0, 0.05) is 50.7 Å². The number of methoxy groups -OCH3 is 2. The minimum atomic E-state index is -0.226. The van der Waals surface area contributed by atoms with E-state index in [1.165, 1.54) is 0 Å². The average molecular weight is 333 g/mol. The number of aromatic nitrogens is 4. The van der Waals surface area contributed by atoms with Crippen LogP contribution < -0.4 is 0 Å². The lowest BCUT2D eigenvalue weighted by Gasteiger charge is -2.12. The normalized spacial score (nSPS) is 11.5. The van der Waals surface area contributed by atoms with Gasteiger partial charge in [-0.2, -0.15) is 5.10 Å². The van der Waals surface area contributed by atoms with E-state index in [-0.39, 0.29) is 6.29 Å². The molecule has 3 rings (SSSR count). The highest BCUT2D eigenvalue weighted by Crippen LogP contribution is 2.22. The van der Waals surface area contributed by atoms with Crippen LogP contribution in [0.3, 0.4) is 0 Å². The maximum Gasteiger partial charge on any atom is 0.158 e. The smallest absolute Gasteiger partial charge is 0.158 e. The van der Waals surface area contributed by atoms with E-state index in [4.69, 9.17) is 21.1 Å². The molecule has 0 radical (unpaired) electrons. The van der Waals surface area contributed by atoms with Crippen LogP contribution in [0.15, 0.2) is 36.8 Å². The number of ether oxygens (including phenoxy) is 2. The number of rotatable bonds is 6. The van der Waals surface area contributed by atoms with E-state index in [0.717, 1.165) is 28.6 Å². The molecule has 7 heteroatoms. The molecule has 120 valence electrons. The average Bonchev–Trinajstić information content (AvgIpc) is 3.04. The fourth-order valence-electron chi connectivity index (χ4n) is 2.34. The van der Waals surface area contributed by atoms with Crippen LogP contribution >= 0.6 is 11.6 Å². The van der Waals surface area contributed by atoms with E-state index in [1.54, 1.807) is 20.3 Å². The van der Waals surface area contributed by atoms with Gasteiger partial charge in [-0.3, -0.25) is 9.67 Å². The van der Waals surface area contributed by atoms with Gasteiger partial charge in [0.25, 0.3) is 0 Å². The molecule has 0 aliphatic carbocycles. The SMILES string of the molecule is COC(CCn1cc(-c2cnc3ccc(Cl)nc3c2)cn1)OC. The first-order valence-corrected chi connectivity index (χ1v) is 7.58. The van der Waals surface area contributed by atoms with Crippen molar-refractivity contribution in [2.45, 2.75) is 19.3 Å². The molecular formula is C16H17ClN4O2. The number of aryl methyl sites for hydroxylation is 1. The van der Waals surface area contributed by atoms with Crippen LogP contribution in [0.2, 0.25) is 5.15 Å². The largest absolute Gasteiger partial charge is 0.356 e. The van der Waals surface area contributed by atoms with Crippen molar-refractivity contribution in [3.05, 3.63) is 41.9 Å². The van der Waals surface area contributed by atoms with Crippen molar-refractivity contribution in [3.8, 4) is 11.1 Å². The molecule has 0 aliphatic rings. The van der Waals surface area contributed by atoms with Gasteiger partial charge >= 0.3 is 0 Å². The summed E-state index contributed by atoms with van der Waals surface area (Å²) < 4.78 is 12.2. The summed E-state index contributed by atoms with van der Waals surface area (Å²) in [5, 5.41) is 4.82. The Hall–Kier alpha value is -2.02. The number of hydrogen-bond acceptors (Lipinski definition) is 5. The maximum absolute atomic E-state index is 5.94. The summed E-state index contributed by atoms with van der Waals surface area (Å²) in [5.74, 6) is 0. The van der Waals surface area contributed by atoms with Gasteiger partial charge in [0.15, 0.2) is 6.29 Å². The lowest BCUT2D eigenvalue weighted by atomic mass is 10.1. The monoisotopic (exact) mass is 332 g/mol. The molecular weight excluding hydrogens is 316 g/mol. The summed E-state index contributed by atoms with van der Waals surface area (Å²) in [6.45, 7) is 0.706. The van der Waals surface area contributed by atoms with Crippen LogP contribution in [0.25, 0.3) is 22.2 Å². The number of pyridine rings is 2. The molecule has 0 unspecified atom stereocenters. The van der Waals surface area contributed by atoms with Gasteiger partial charge in [-0.25, -0.2) is 4.98 Å². The molecule has 0 N–H and O–H groups in total. The highest BCUT2D eigenvalue weighted by atomic mass is 35.5. The second kappa shape index (κ2) is 7.04. The molecule has 0 saturated carbocycles. The quantitative estimate of drug-likeness (QED) is 0.512. The molecule has 6 nitrogen and oxygen atoms in total. The molecule has 0 fully saturated rings. The Morgan fingerprint density at radius 2 is 1.96 bits per heavy atom. The van der Waals surface area contributed by atoms with Crippen molar-refractivity contribution in [1.82, 2.24) is 19.7 Å². The van der Waals surface area contributed by atoms with Gasteiger partial charge in [-0.05, 0) is 18.2 Å². The van der Waals surface area contributed by atoms with Crippen molar-refractivity contribution in [3.63, 3.8) is 0 Å². The minimum absolute atomic E-state index is 0.226. The van der Waals surface area contributed by atoms with Crippen molar-refractivity contribution in [2.24, 2.45) is 0 Å². The molecule has 0 aliphatic heterocycles. The molecule has 3 aromatic heterocycles. The summed E-state index contributed by atoms with van der Waals surface area (Å²) in [6, 6.07) is 5.55. The van der Waals surface area contributed by atoms with Gasteiger partial charge in [-0.1, -0.05) is 11.6 Å². The number of halogens is 1. The first-order chi connectivity index (χ1) is 11.2. The topological polar surface area (TPSA) is 62.1 Å². The predicted molar refractivity (Wildman–Crippen MR) is 88.2 cm³/mol. The highest BCUT2D eigenvalue weighted by molar-refractivity contribution is 6.29. The third kappa shape index (κ3) is 3.67. The van der Waals surface area contributed by atoms with Crippen molar-refractivity contribution >= 4 is 22.6 Å². The fraction of sp³-hybridized carbons (Fsp3) is 0.312. The predicted octanol–water partition coefficient (Wildman–Crippen LogP) is 3.16. The fourth-order valence-corrected chi connectivity index (χ4v) is 2.50. The molecule has 3 aromatic rings. The van der Waals surface area contributed by atoms with Gasteiger partial charge in [0.05, 0.1) is 17.2 Å². The standard InChI is InChI=1S/C16H17ClN4O2/c1-22-16(23-2)5-6-21-10-12(9-19-21)11-7-14-13(18-8-11)3-4-15(17)20-14/h3-4,7-10,16H,5-6H2,1-2H3. The van der Waals surface area contributed by atoms with Crippen LogP contribution in [0.5, 0.6) is 0 Å². The van der Waals surface area contributed by atoms with Crippen LogP contribution in [-0.4, -0.2) is 40.3 Å². The second-order valence-corrected chi connectivity index (χ2v) is 5.47. The van der Waals surface area contributed by atoms with Crippen LogP contribution in [0.4, 0.5) is 0 Å². The van der Waals surface area contributed by atoms with E-state index in [9.17, 15) is 0 Å². The van der Waals surface area contributed by atoms with Crippen molar-refractivity contribution in [1.29, 1.82) is 0 Å². The van der Waals surface area contributed by atoms with Crippen molar-refractivity contribution in [2.75, 3.05) is 14.2 Å². The summed E-state index contributed by atoms with van der Waals surface area (Å²) in [6.07, 6.45) is 6.09. The first kappa shape index (κ1) is 15.9. The molecule has 23 heavy (non-hydrogen) atoms. The van der Waals surface area contributed by atoms with Gasteiger partial charge in [-0.15, -0.1) is 0 Å². The Morgan fingerprint density at radius 1 is 1.13 bits per heavy atom. The summed E-state index contributed by atoms with van der Waals surface area (Å²) in [5.41, 5.74) is 3.51. The lowest BCUT2D eigenvalue weighted by Crippen LogP contribution is -2.16. The zero-order valence-electron chi connectivity index (χ0n) is 12.9. The van der Waals surface area contributed by atoms with Gasteiger partial charge in [0.1, 0.15) is 5.15 Å². The van der Waals surface area contributed by atoms with E-state index >= 15 is 0 Å². The third-order valence-electron chi connectivity index (χ3n) is 3.59. The number of fused-ring (bicyclic) bond motifs is 1. The zero-order valence-corrected chi connectivity index (χ0v) is 13.7. The van der Waals surface area contributed by atoms with Crippen molar-refractivity contribution < 1.29 is 9.47 Å². The molecule has 3 heterocycles. The van der Waals surface area contributed by atoms with Gasteiger partial charge in [0.2, 0.25) is 0 Å². The summed E-state index contributed by atoms with van der Waals surface area (Å²) in [7, 11) is 3.25. The Kier molecular flexibility index (Phi) is 4.85. The molecule has 0 saturated heterocycles. The van der Waals surface area contributed by atoms with Gasteiger partial charge < -0.3 is 9.47 Å². The first-order valence-electron chi connectivity index (χ1n) is 7.20. The van der Waals surface area contributed by atoms with E-state index < -0.39 is 0 Å². The number of hydrogen-bond donors (Lipinski definition) is 0. The lowest BCUT2D eigenvalue weighted by molar-refractivity contribution is -0.108. The van der Waals surface area contributed by atoms with Crippen LogP contribution in [0, 0.1) is 0 Å². The van der Waals surface area contributed by atoms with E-state index in [1.807, 2.05) is 35.4 Å². The van der Waals surface area contributed by atoms with E-state index in [0.29, 0.717) is 11.7 Å². The number of nitrogens with zero attached hydrogens (tertiary/aromatic N) is 4. The zero-order chi connectivity index (χ0) is 16.2. The van der Waals surface area contributed by atoms with E-state index in [2.05, 4.69) is 15.1 Å².